The molecular weight excluding hydrogens is 220 g/mol. The van der Waals surface area contributed by atoms with Crippen molar-refractivity contribution in [3.63, 3.8) is 0 Å². The predicted octanol–water partition coefficient (Wildman–Crippen LogP) is 3.18. The van der Waals surface area contributed by atoms with E-state index in [9.17, 15) is 0 Å². The Morgan fingerprint density at radius 1 is 1.44 bits per heavy atom. The Bertz CT molecular complexity index is 365. The van der Waals surface area contributed by atoms with Gasteiger partial charge in [-0.1, -0.05) is 17.7 Å². The summed E-state index contributed by atoms with van der Waals surface area (Å²) in [5, 5.41) is 0.790. The molecule has 1 aliphatic heterocycles. The number of rotatable bonds is 2. The summed E-state index contributed by atoms with van der Waals surface area (Å²) in [6.45, 7) is 3.91. The summed E-state index contributed by atoms with van der Waals surface area (Å²) in [6, 6.07) is 6.66. The Morgan fingerprint density at radius 2 is 2.25 bits per heavy atom. The van der Waals surface area contributed by atoms with E-state index < -0.39 is 0 Å². The minimum atomic E-state index is 0.512. The van der Waals surface area contributed by atoms with Gasteiger partial charge in [-0.2, -0.15) is 0 Å². The zero-order chi connectivity index (χ0) is 11.5. The second-order valence-electron chi connectivity index (χ2n) is 4.48. The van der Waals surface area contributed by atoms with E-state index in [1.54, 1.807) is 0 Å². The first-order valence-corrected chi connectivity index (χ1v) is 6.36. The molecule has 1 saturated heterocycles. The van der Waals surface area contributed by atoms with Crippen molar-refractivity contribution < 1.29 is 0 Å². The highest BCUT2D eigenvalue weighted by Crippen LogP contribution is 2.31. The fourth-order valence-corrected chi connectivity index (χ4v) is 2.72. The SMILES string of the molecule is CC1CCCCN1c1cccc(Cl)c1CN. The van der Waals surface area contributed by atoms with Gasteiger partial charge in [0.15, 0.2) is 0 Å². The molecular formula is C13H19ClN2. The molecule has 0 radical (unpaired) electrons. The largest absolute Gasteiger partial charge is 0.369 e. The smallest absolute Gasteiger partial charge is 0.0471 e. The first-order valence-electron chi connectivity index (χ1n) is 5.98. The minimum Gasteiger partial charge on any atom is -0.369 e. The molecule has 1 fully saturated rings. The number of piperidine rings is 1. The molecule has 88 valence electrons. The van der Waals surface area contributed by atoms with Gasteiger partial charge in [0.1, 0.15) is 0 Å². The van der Waals surface area contributed by atoms with Crippen LogP contribution in [0.1, 0.15) is 31.7 Å². The van der Waals surface area contributed by atoms with Gasteiger partial charge in [0.2, 0.25) is 0 Å². The molecule has 1 aliphatic rings. The van der Waals surface area contributed by atoms with Crippen molar-refractivity contribution >= 4 is 17.3 Å². The Morgan fingerprint density at radius 3 is 2.94 bits per heavy atom. The molecule has 1 atom stereocenters. The molecule has 16 heavy (non-hydrogen) atoms. The number of benzene rings is 1. The van der Waals surface area contributed by atoms with E-state index >= 15 is 0 Å². The molecule has 1 aromatic rings. The van der Waals surface area contributed by atoms with Crippen LogP contribution in [0, 0.1) is 0 Å². The number of hydrogen-bond acceptors (Lipinski definition) is 2. The van der Waals surface area contributed by atoms with Crippen molar-refractivity contribution in [1.29, 1.82) is 0 Å². The Kier molecular flexibility index (Phi) is 3.72. The molecule has 0 bridgehead atoms. The van der Waals surface area contributed by atoms with Crippen molar-refractivity contribution in [1.82, 2.24) is 0 Å². The molecule has 0 spiro atoms. The lowest BCUT2D eigenvalue weighted by molar-refractivity contribution is 0.484. The monoisotopic (exact) mass is 238 g/mol. The third-order valence-electron chi connectivity index (χ3n) is 3.41. The van der Waals surface area contributed by atoms with Crippen molar-refractivity contribution in [3.05, 3.63) is 28.8 Å². The summed E-state index contributed by atoms with van der Waals surface area (Å²) in [5.41, 5.74) is 8.10. The lowest BCUT2D eigenvalue weighted by atomic mass is 10.0. The lowest BCUT2D eigenvalue weighted by Gasteiger charge is -2.36. The Hall–Kier alpha value is -0.730. The number of anilines is 1. The van der Waals surface area contributed by atoms with Crippen LogP contribution in [-0.2, 0) is 6.54 Å². The summed E-state index contributed by atoms with van der Waals surface area (Å²) in [6.07, 6.45) is 3.85. The topological polar surface area (TPSA) is 29.3 Å². The van der Waals surface area contributed by atoms with E-state index in [1.165, 1.54) is 24.9 Å². The molecule has 0 amide bonds. The van der Waals surface area contributed by atoms with Gasteiger partial charge in [0.25, 0.3) is 0 Å². The number of halogens is 1. The van der Waals surface area contributed by atoms with Gasteiger partial charge < -0.3 is 10.6 Å². The van der Waals surface area contributed by atoms with Gasteiger partial charge in [0.05, 0.1) is 0 Å². The van der Waals surface area contributed by atoms with E-state index in [-0.39, 0.29) is 0 Å². The van der Waals surface area contributed by atoms with E-state index in [4.69, 9.17) is 17.3 Å². The van der Waals surface area contributed by atoms with Crippen molar-refractivity contribution in [2.45, 2.75) is 38.8 Å². The van der Waals surface area contributed by atoms with Crippen LogP contribution in [0.25, 0.3) is 0 Å². The average molecular weight is 239 g/mol. The Balaban J connectivity index is 2.34. The first-order chi connectivity index (χ1) is 7.74. The number of nitrogens with two attached hydrogens (primary N) is 1. The van der Waals surface area contributed by atoms with Crippen LogP contribution in [0.5, 0.6) is 0 Å². The van der Waals surface area contributed by atoms with Gasteiger partial charge in [0, 0.05) is 35.4 Å². The maximum atomic E-state index is 6.19. The standard InChI is InChI=1S/C13H19ClN2/c1-10-5-2-3-8-16(10)13-7-4-6-12(14)11(13)9-15/h4,6-7,10H,2-3,5,8-9,15H2,1H3. The van der Waals surface area contributed by atoms with Crippen LogP contribution < -0.4 is 10.6 Å². The average Bonchev–Trinajstić information content (AvgIpc) is 2.29. The van der Waals surface area contributed by atoms with Crippen LogP contribution in [0.15, 0.2) is 18.2 Å². The highest BCUT2D eigenvalue weighted by atomic mass is 35.5. The van der Waals surface area contributed by atoms with E-state index in [1.807, 2.05) is 12.1 Å². The summed E-state index contributed by atoms with van der Waals surface area (Å²) < 4.78 is 0. The molecule has 2 nitrogen and oxygen atoms in total. The molecule has 2 N–H and O–H groups in total. The highest BCUT2D eigenvalue weighted by molar-refractivity contribution is 6.31. The van der Waals surface area contributed by atoms with Gasteiger partial charge in [-0.3, -0.25) is 0 Å². The normalized spacial score (nSPS) is 21.2. The summed E-state index contributed by atoms with van der Waals surface area (Å²) in [5.74, 6) is 0. The summed E-state index contributed by atoms with van der Waals surface area (Å²) in [7, 11) is 0. The van der Waals surface area contributed by atoms with Gasteiger partial charge >= 0.3 is 0 Å². The van der Waals surface area contributed by atoms with Crippen LogP contribution >= 0.6 is 11.6 Å². The van der Waals surface area contributed by atoms with E-state index in [0.29, 0.717) is 12.6 Å². The van der Waals surface area contributed by atoms with Crippen molar-refractivity contribution in [2.75, 3.05) is 11.4 Å². The summed E-state index contributed by atoms with van der Waals surface area (Å²) in [4.78, 5) is 2.44. The fraction of sp³-hybridized carbons (Fsp3) is 0.538. The molecule has 0 aromatic heterocycles. The second kappa shape index (κ2) is 5.07. The van der Waals surface area contributed by atoms with Crippen LogP contribution in [0.3, 0.4) is 0 Å². The minimum absolute atomic E-state index is 0.512. The highest BCUT2D eigenvalue weighted by Gasteiger charge is 2.21. The maximum Gasteiger partial charge on any atom is 0.0471 e. The number of nitrogens with zero attached hydrogens (tertiary/aromatic N) is 1. The van der Waals surface area contributed by atoms with Crippen molar-refractivity contribution in [2.24, 2.45) is 5.73 Å². The van der Waals surface area contributed by atoms with Gasteiger partial charge in [-0.15, -0.1) is 0 Å². The summed E-state index contributed by atoms with van der Waals surface area (Å²) >= 11 is 6.19. The molecule has 1 aromatic carbocycles. The maximum absolute atomic E-state index is 6.19. The third-order valence-corrected chi connectivity index (χ3v) is 3.76. The molecule has 1 heterocycles. The molecule has 2 rings (SSSR count). The van der Waals surface area contributed by atoms with E-state index in [2.05, 4.69) is 17.9 Å². The van der Waals surface area contributed by atoms with E-state index in [0.717, 1.165) is 17.1 Å². The van der Waals surface area contributed by atoms with Crippen LogP contribution in [0.2, 0.25) is 5.02 Å². The quantitative estimate of drug-likeness (QED) is 0.858. The zero-order valence-electron chi connectivity index (χ0n) is 9.75. The van der Waals surface area contributed by atoms with Crippen LogP contribution in [-0.4, -0.2) is 12.6 Å². The predicted molar refractivity (Wildman–Crippen MR) is 70.0 cm³/mol. The molecule has 1 unspecified atom stereocenters. The zero-order valence-corrected chi connectivity index (χ0v) is 10.5. The van der Waals surface area contributed by atoms with Crippen molar-refractivity contribution in [3.8, 4) is 0 Å². The molecule has 0 aliphatic carbocycles. The third kappa shape index (κ3) is 2.18. The fourth-order valence-electron chi connectivity index (χ4n) is 2.47. The second-order valence-corrected chi connectivity index (χ2v) is 4.89. The number of hydrogen-bond donors (Lipinski definition) is 1. The first kappa shape index (κ1) is 11.7. The lowest BCUT2D eigenvalue weighted by Crippen LogP contribution is -2.38. The van der Waals surface area contributed by atoms with Crippen LogP contribution in [0.4, 0.5) is 5.69 Å². The van der Waals surface area contributed by atoms with Gasteiger partial charge in [-0.05, 0) is 38.3 Å². The molecule has 3 heteroatoms. The molecule has 0 saturated carbocycles. The van der Waals surface area contributed by atoms with Gasteiger partial charge in [-0.25, -0.2) is 0 Å². The Labute approximate surface area is 102 Å².